The highest BCUT2D eigenvalue weighted by atomic mass is 32.2. The lowest BCUT2D eigenvalue weighted by atomic mass is 10.2. The number of hydrogen-bond donors (Lipinski definition) is 1. The van der Waals surface area contributed by atoms with Crippen molar-refractivity contribution in [1.29, 1.82) is 0 Å². The van der Waals surface area contributed by atoms with E-state index in [1.54, 1.807) is 16.4 Å². The predicted octanol–water partition coefficient (Wildman–Crippen LogP) is 3.44. The van der Waals surface area contributed by atoms with Crippen LogP contribution in [0.2, 0.25) is 0 Å². The van der Waals surface area contributed by atoms with Gasteiger partial charge in [-0.25, -0.2) is 9.66 Å². The van der Waals surface area contributed by atoms with Crippen molar-refractivity contribution in [3.8, 4) is 17.0 Å². The largest absolute Gasteiger partial charge is 0.493 e. The Kier molecular flexibility index (Phi) is 4.65. The number of hydrogen-bond acceptors (Lipinski definition) is 4. The summed E-state index contributed by atoms with van der Waals surface area (Å²) in [5.74, 6) is 7.63. The van der Waals surface area contributed by atoms with Crippen LogP contribution in [0.1, 0.15) is 0 Å². The van der Waals surface area contributed by atoms with Gasteiger partial charge in [0.25, 0.3) is 0 Å². The third-order valence-electron chi connectivity index (χ3n) is 3.09. The summed E-state index contributed by atoms with van der Waals surface area (Å²) in [7, 11) is 0. The average Bonchev–Trinajstić information content (AvgIpc) is 2.94. The lowest BCUT2D eigenvalue weighted by Gasteiger charge is -2.05. The van der Waals surface area contributed by atoms with Gasteiger partial charge in [-0.05, 0) is 12.1 Å². The number of benzene rings is 2. The maximum atomic E-state index is 5.96. The first-order chi connectivity index (χ1) is 10.8. The Morgan fingerprint density at radius 2 is 1.68 bits per heavy atom. The number of ether oxygens (including phenoxy) is 1. The van der Waals surface area contributed by atoms with Gasteiger partial charge in [0.15, 0.2) is 5.16 Å². The molecule has 1 aromatic heterocycles. The smallest absolute Gasteiger partial charge is 0.187 e. The normalized spacial score (nSPS) is 10.5. The van der Waals surface area contributed by atoms with Crippen LogP contribution >= 0.6 is 11.8 Å². The van der Waals surface area contributed by atoms with Crippen molar-refractivity contribution < 1.29 is 4.74 Å². The molecule has 0 unspecified atom stereocenters. The average molecular weight is 311 g/mol. The summed E-state index contributed by atoms with van der Waals surface area (Å²) >= 11 is 1.58. The van der Waals surface area contributed by atoms with Crippen LogP contribution in [-0.4, -0.2) is 22.0 Å². The molecule has 4 nitrogen and oxygen atoms in total. The number of nitrogens with zero attached hydrogens (tertiary/aromatic N) is 2. The summed E-state index contributed by atoms with van der Waals surface area (Å²) < 4.78 is 7.23. The van der Waals surface area contributed by atoms with Crippen LogP contribution in [0.25, 0.3) is 11.3 Å². The molecule has 0 saturated carbocycles. The van der Waals surface area contributed by atoms with Crippen molar-refractivity contribution in [3.63, 3.8) is 0 Å². The molecule has 0 aliphatic rings. The van der Waals surface area contributed by atoms with Crippen molar-refractivity contribution in [3.05, 3.63) is 66.9 Å². The van der Waals surface area contributed by atoms with E-state index in [1.807, 2.05) is 66.9 Å². The summed E-state index contributed by atoms with van der Waals surface area (Å²) in [6, 6.07) is 19.8. The maximum Gasteiger partial charge on any atom is 0.187 e. The number of nitrogen functional groups attached to an aromatic ring is 1. The van der Waals surface area contributed by atoms with Gasteiger partial charge in [0, 0.05) is 11.3 Å². The zero-order valence-electron chi connectivity index (χ0n) is 12.1. The second-order valence-electron chi connectivity index (χ2n) is 4.69. The number of nitrogens with two attached hydrogens (primary N) is 1. The Bertz CT molecular complexity index is 713. The van der Waals surface area contributed by atoms with Gasteiger partial charge in [0.2, 0.25) is 0 Å². The minimum Gasteiger partial charge on any atom is -0.493 e. The molecular formula is C17H17N3OS. The summed E-state index contributed by atoms with van der Waals surface area (Å²) in [5, 5.41) is 0.788. The molecule has 0 spiro atoms. The first-order valence-electron chi connectivity index (χ1n) is 7.03. The summed E-state index contributed by atoms with van der Waals surface area (Å²) in [6.07, 6.45) is 1.84. The molecule has 1 heterocycles. The highest BCUT2D eigenvalue weighted by Gasteiger charge is 2.08. The van der Waals surface area contributed by atoms with Crippen LogP contribution in [0.5, 0.6) is 5.75 Å². The van der Waals surface area contributed by atoms with E-state index in [0.717, 1.165) is 27.9 Å². The lowest BCUT2D eigenvalue weighted by molar-refractivity contribution is 0.344. The van der Waals surface area contributed by atoms with Gasteiger partial charge in [-0.2, -0.15) is 0 Å². The molecule has 0 fully saturated rings. The highest BCUT2D eigenvalue weighted by molar-refractivity contribution is 7.99. The molecule has 0 aliphatic heterocycles. The fraction of sp³-hybridized carbons (Fsp3) is 0.118. The Hall–Kier alpha value is -2.40. The fourth-order valence-corrected chi connectivity index (χ4v) is 2.75. The molecule has 0 radical (unpaired) electrons. The summed E-state index contributed by atoms with van der Waals surface area (Å²) in [4.78, 5) is 4.57. The van der Waals surface area contributed by atoms with Gasteiger partial charge >= 0.3 is 0 Å². The third-order valence-corrected chi connectivity index (χ3v) is 4.03. The van der Waals surface area contributed by atoms with E-state index in [-0.39, 0.29) is 0 Å². The first-order valence-corrected chi connectivity index (χ1v) is 8.02. The molecule has 0 saturated heterocycles. The topological polar surface area (TPSA) is 53.1 Å². The van der Waals surface area contributed by atoms with Gasteiger partial charge in [0.05, 0.1) is 18.5 Å². The molecule has 0 atom stereocenters. The van der Waals surface area contributed by atoms with E-state index in [4.69, 9.17) is 10.6 Å². The highest BCUT2D eigenvalue weighted by Crippen LogP contribution is 2.22. The van der Waals surface area contributed by atoms with Crippen LogP contribution < -0.4 is 10.6 Å². The van der Waals surface area contributed by atoms with Crippen molar-refractivity contribution >= 4 is 11.8 Å². The fourth-order valence-electron chi connectivity index (χ4n) is 2.04. The van der Waals surface area contributed by atoms with Crippen LogP contribution in [0.4, 0.5) is 0 Å². The molecule has 2 N–H and O–H groups in total. The van der Waals surface area contributed by atoms with E-state index in [1.165, 1.54) is 0 Å². The monoisotopic (exact) mass is 311 g/mol. The quantitative estimate of drug-likeness (QED) is 0.430. The van der Waals surface area contributed by atoms with Gasteiger partial charge in [-0.3, -0.25) is 0 Å². The molecule has 3 rings (SSSR count). The second-order valence-corrected chi connectivity index (χ2v) is 5.75. The Morgan fingerprint density at radius 1 is 1.00 bits per heavy atom. The third kappa shape index (κ3) is 3.62. The van der Waals surface area contributed by atoms with E-state index in [2.05, 4.69) is 4.98 Å². The van der Waals surface area contributed by atoms with Crippen LogP contribution in [0.15, 0.2) is 72.0 Å². The second kappa shape index (κ2) is 7.04. The van der Waals surface area contributed by atoms with E-state index < -0.39 is 0 Å². The Labute approximate surface area is 133 Å². The molecule has 0 bridgehead atoms. The zero-order chi connectivity index (χ0) is 15.2. The van der Waals surface area contributed by atoms with E-state index in [9.17, 15) is 0 Å². The maximum absolute atomic E-state index is 5.96. The van der Waals surface area contributed by atoms with Crippen molar-refractivity contribution in [1.82, 2.24) is 9.66 Å². The van der Waals surface area contributed by atoms with Crippen molar-refractivity contribution in [2.75, 3.05) is 18.2 Å². The van der Waals surface area contributed by atoms with E-state index in [0.29, 0.717) is 6.61 Å². The standard InChI is InChI=1S/C17H17N3OS/c18-20-13-16(14-7-3-1-4-8-14)19-17(20)22-12-11-21-15-9-5-2-6-10-15/h1-10,13H,11-12,18H2. The first kappa shape index (κ1) is 14.5. The number of rotatable bonds is 6. The molecular weight excluding hydrogens is 294 g/mol. The molecule has 0 aliphatic carbocycles. The minimum absolute atomic E-state index is 0.613. The van der Waals surface area contributed by atoms with E-state index >= 15 is 0 Å². The molecule has 5 heteroatoms. The summed E-state index contributed by atoms with van der Waals surface area (Å²) in [6.45, 7) is 0.613. The van der Waals surface area contributed by atoms with Gasteiger partial charge in [0.1, 0.15) is 5.75 Å². The Morgan fingerprint density at radius 3 is 2.41 bits per heavy atom. The molecule has 112 valence electrons. The Balaban J connectivity index is 1.56. The predicted molar refractivity (Wildman–Crippen MR) is 90.5 cm³/mol. The van der Waals surface area contributed by atoms with Crippen LogP contribution in [0, 0.1) is 0 Å². The zero-order valence-corrected chi connectivity index (χ0v) is 12.9. The molecule has 22 heavy (non-hydrogen) atoms. The van der Waals surface area contributed by atoms with Gasteiger partial charge in [-0.15, -0.1) is 0 Å². The SMILES string of the molecule is Nn1cc(-c2ccccc2)nc1SCCOc1ccccc1. The number of thioether (sulfide) groups is 1. The number of imidazole rings is 1. The molecule has 3 aromatic rings. The lowest BCUT2D eigenvalue weighted by Crippen LogP contribution is -2.09. The van der Waals surface area contributed by atoms with Gasteiger partial charge in [-0.1, -0.05) is 60.3 Å². The molecule has 2 aromatic carbocycles. The number of aromatic nitrogens is 2. The van der Waals surface area contributed by atoms with Crippen LogP contribution in [0.3, 0.4) is 0 Å². The molecule has 0 amide bonds. The minimum atomic E-state index is 0.613. The number of para-hydroxylation sites is 1. The van der Waals surface area contributed by atoms with Crippen molar-refractivity contribution in [2.24, 2.45) is 0 Å². The van der Waals surface area contributed by atoms with Crippen molar-refractivity contribution in [2.45, 2.75) is 5.16 Å². The van der Waals surface area contributed by atoms with Gasteiger partial charge < -0.3 is 10.6 Å². The van der Waals surface area contributed by atoms with Crippen LogP contribution in [-0.2, 0) is 0 Å². The summed E-state index contributed by atoms with van der Waals surface area (Å²) in [5.41, 5.74) is 1.95.